The third-order valence-corrected chi connectivity index (χ3v) is 4.57. The summed E-state index contributed by atoms with van der Waals surface area (Å²) in [6.45, 7) is 0. The van der Waals surface area contributed by atoms with Crippen molar-refractivity contribution in [2.75, 3.05) is 5.32 Å². The van der Waals surface area contributed by atoms with Crippen molar-refractivity contribution in [3.05, 3.63) is 77.7 Å². The largest absolute Gasteiger partial charge is 0.332 e. The number of nitrogens with one attached hydrogen (secondary N) is 1. The molecule has 0 radical (unpaired) electrons. The minimum absolute atomic E-state index is 0.721. The smallest absolute Gasteiger partial charge is 0.187 e. The number of rotatable bonds is 4. The lowest BCUT2D eigenvalue weighted by Crippen LogP contribution is -1.90. The van der Waals surface area contributed by atoms with Crippen molar-refractivity contribution in [3.63, 3.8) is 0 Å². The van der Waals surface area contributed by atoms with Gasteiger partial charge in [0.25, 0.3) is 0 Å². The Morgan fingerprint density at radius 2 is 1.79 bits per heavy atom. The van der Waals surface area contributed by atoms with Crippen LogP contribution in [0.15, 0.2) is 72.6 Å². The van der Waals surface area contributed by atoms with Crippen molar-refractivity contribution in [2.45, 2.75) is 0 Å². The molecule has 0 aliphatic rings. The molecule has 0 fully saturated rings. The van der Waals surface area contributed by atoms with Gasteiger partial charge in [0, 0.05) is 39.7 Å². The van der Waals surface area contributed by atoms with E-state index in [1.54, 1.807) is 23.9 Å². The molecule has 0 saturated carbocycles. The van der Waals surface area contributed by atoms with Crippen LogP contribution in [0.1, 0.15) is 0 Å². The third-order valence-electron chi connectivity index (χ3n) is 3.57. The summed E-state index contributed by atoms with van der Waals surface area (Å²) in [7, 11) is 0. The number of hydrogen-bond donors (Lipinski definition) is 1. The highest BCUT2D eigenvalue weighted by Gasteiger charge is 2.05. The van der Waals surface area contributed by atoms with Crippen molar-refractivity contribution < 1.29 is 0 Å². The summed E-state index contributed by atoms with van der Waals surface area (Å²) in [5, 5.41) is 6.91. The molecule has 0 unspecified atom stereocenters. The lowest BCUT2D eigenvalue weighted by molar-refractivity contribution is 1.06. The second kappa shape index (κ2) is 6.47. The Kier molecular flexibility index (Phi) is 4.02. The van der Waals surface area contributed by atoms with Crippen molar-refractivity contribution in [1.82, 2.24) is 14.5 Å². The maximum absolute atomic E-state index is 5.90. The molecule has 24 heavy (non-hydrogen) atoms. The van der Waals surface area contributed by atoms with E-state index in [9.17, 15) is 0 Å². The van der Waals surface area contributed by atoms with E-state index in [1.165, 1.54) is 0 Å². The second-order valence-corrected chi connectivity index (χ2v) is 6.48. The zero-order valence-electron chi connectivity index (χ0n) is 12.6. The van der Waals surface area contributed by atoms with Crippen LogP contribution in [0.3, 0.4) is 0 Å². The van der Waals surface area contributed by atoms with Gasteiger partial charge in [-0.2, -0.15) is 0 Å². The topological polar surface area (TPSA) is 42.7 Å². The molecule has 4 aromatic rings. The van der Waals surface area contributed by atoms with Gasteiger partial charge in [0.15, 0.2) is 5.13 Å². The molecule has 2 aromatic heterocycles. The van der Waals surface area contributed by atoms with Crippen molar-refractivity contribution >= 4 is 33.8 Å². The number of benzene rings is 2. The fourth-order valence-corrected chi connectivity index (χ4v) is 3.20. The molecular formula is C18H13ClN4S. The number of halogens is 1. The van der Waals surface area contributed by atoms with Gasteiger partial charge in [0.2, 0.25) is 0 Å². The van der Waals surface area contributed by atoms with Gasteiger partial charge >= 0.3 is 0 Å². The molecule has 6 heteroatoms. The quantitative estimate of drug-likeness (QED) is 0.535. The first-order valence-corrected chi connectivity index (χ1v) is 8.60. The van der Waals surface area contributed by atoms with Gasteiger partial charge in [-0.3, -0.25) is 0 Å². The first-order chi connectivity index (χ1) is 11.8. The molecule has 0 spiro atoms. The zero-order valence-corrected chi connectivity index (χ0v) is 14.1. The summed E-state index contributed by atoms with van der Waals surface area (Å²) in [6, 6.07) is 15.8. The number of hydrogen-bond acceptors (Lipinski definition) is 4. The molecule has 118 valence electrons. The predicted octanol–water partition coefficient (Wildman–Crippen LogP) is 5.39. The van der Waals surface area contributed by atoms with E-state index in [1.807, 2.05) is 40.4 Å². The van der Waals surface area contributed by atoms with Crippen LogP contribution in [0.2, 0.25) is 5.02 Å². The van der Waals surface area contributed by atoms with Crippen LogP contribution in [0.5, 0.6) is 0 Å². The van der Waals surface area contributed by atoms with E-state index in [0.717, 1.165) is 32.8 Å². The molecule has 4 rings (SSSR count). The van der Waals surface area contributed by atoms with Crippen molar-refractivity contribution in [3.8, 4) is 16.9 Å². The summed E-state index contributed by atoms with van der Waals surface area (Å²) >= 11 is 7.48. The van der Waals surface area contributed by atoms with Gasteiger partial charge < -0.3 is 9.88 Å². The number of nitrogens with zero attached hydrogens (tertiary/aromatic N) is 3. The molecule has 0 atom stereocenters. The SMILES string of the molecule is Clc1ccc(Nc2nc(-c3ccc(-n4ccnc4)cc3)cs2)cc1. The predicted molar refractivity (Wildman–Crippen MR) is 99.4 cm³/mol. The van der Waals surface area contributed by atoms with Crippen molar-refractivity contribution in [2.24, 2.45) is 0 Å². The number of anilines is 2. The Hall–Kier alpha value is -2.63. The lowest BCUT2D eigenvalue weighted by atomic mass is 10.1. The van der Waals surface area contributed by atoms with Crippen LogP contribution in [0.25, 0.3) is 16.9 Å². The molecule has 0 aliphatic heterocycles. The lowest BCUT2D eigenvalue weighted by Gasteiger charge is -2.03. The van der Waals surface area contributed by atoms with Gasteiger partial charge in [-0.15, -0.1) is 11.3 Å². The zero-order chi connectivity index (χ0) is 16.4. The average molecular weight is 353 g/mol. The Balaban J connectivity index is 1.53. The summed E-state index contributed by atoms with van der Waals surface area (Å²) in [5.41, 5.74) is 4.08. The molecule has 1 N–H and O–H groups in total. The minimum atomic E-state index is 0.721. The van der Waals surface area contributed by atoms with Gasteiger partial charge in [0.05, 0.1) is 12.0 Å². The normalized spacial score (nSPS) is 10.7. The monoisotopic (exact) mass is 352 g/mol. The fraction of sp³-hybridized carbons (Fsp3) is 0. The van der Waals surface area contributed by atoms with Crippen LogP contribution >= 0.6 is 22.9 Å². The van der Waals surface area contributed by atoms with E-state index in [0.29, 0.717) is 0 Å². The molecule has 0 amide bonds. The summed E-state index contributed by atoms with van der Waals surface area (Å²) in [6.07, 6.45) is 5.47. The molecule has 0 saturated heterocycles. The summed E-state index contributed by atoms with van der Waals surface area (Å²) in [5.74, 6) is 0. The number of thiazole rings is 1. The first-order valence-electron chi connectivity index (χ1n) is 7.35. The summed E-state index contributed by atoms with van der Waals surface area (Å²) in [4.78, 5) is 8.71. The van der Waals surface area contributed by atoms with Gasteiger partial charge in [-0.25, -0.2) is 9.97 Å². The van der Waals surface area contributed by atoms with Gasteiger partial charge in [-0.05, 0) is 36.4 Å². The number of aromatic nitrogens is 3. The van der Waals surface area contributed by atoms with E-state index < -0.39 is 0 Å². The van der Waals surface area contributed by atoms with Crippen LogP contribution < -0.4 is 5.32 Å². The highest BCUT2D eigenvalue weighted by atomic mass is 35.5. The van der Waals surface area contributed by atoms with E-state index in [4.69, 9.17) is 11.6 Å². The Morgan fingerprint density at radius 1 is 1.00 bits per heavy atom. The van der Waals surface area contributed by atoms with Crippen LogP contribution in [0, 0.1) is 0 Å². The molecule has 4 nitrogen and oxygen atoms in total. The van der Waals surface area contributed by atoms with Gasteiger partial charge in [-0.1, -0.05) is 23.7 Å². The molecule has 0 aliphatic carbocycles. The Bertz CT molecular complexity index is 928. The van der Waals surface area contributed by atoms with Crippen LogP contribution in [-0.4, -0.2) is 14.5 Å². The maximum Gasteiger partial charge on any atom is 0.187 e. The second-order valence-electron chi connectivity index (χ2n) is 5.19. The van der Waals surface area contributed by atoms with E-state index >= 15 is 0 Å². The van der Waals surface area contributed by atoms with Crippen LogP contribution in [0.4, 0.5) is 10.8 Å². The first kappa shape index (κ1) is 14.9. The van der Waals surface area contributed by atoms with Gasteiger partial charge in [0.1, 0.15) is 0 Å². The van der Waals surface area contributed by atoms with E-state index in [2.05, 4.69) is 39.6 Å². The standard InChI is InChI=1S/C18H13ClN4S/c19-14-3-5-15(6-4-14)21-18-22-17(11-24-18)13-1-7-16(8-2-13)23-10-9-20-12-23/h1-12H,(H,21,22). The van der Waals surface area contributed by atoms with E-state index in [-0.39, 0.29) is 0 Å². The highest BCUT2D eigenvalue weighted by Crippen LogP contribution is 2.28. The molecule has 2 heterocycles. The van der Waals surface area contributed by atoms with Crippen molar-refractivity contribution in [1.29, 1.82) is 0 Å². The fourth-order valence-electron chi connectivity index (χ4n) is 2.34. The Morgan fingerprint density at radius 3 is 2.50 bits per heavy atom. The molecule has 2 aromatic carbocycles. The summed E-state index contributed by atoms with van der Waals surface area (Å²) < 4.78 is 1.97. The maximum atomic E-state index is 5.90. The number of imidazole rings is 1. The van der Waals surface area contributed by atoms with Crippen LogP contribution in [-0.2, 0) is 0 Å². The highest BCUT2D eigenvalue weighted by molar-refractivity contribution is 7.14. The molecular weight excluding hydrogens is 340 g/mol. The minimum Gasteiger partial charge on any atom is -0.332 e. The Labute approximate surface area is 148 Å². The molecule has 0 bridgehead atoms. The average Bonchev–Trinajstić information content (AvgIpc) is 3.29. The third kappa shape index (κ3) is 3.18.